The Kier molecular flexibility index (Phi) is 14.0. The zero-order valence-corrected chi connectivity index (χ0v) is 8.71. The fourth-order valence-corrected chi connectivity index (χ4v) is 0.391. The lowest BCUT2D eigenvalue weighted by Crippen LogP contribution is -1.92. The predicted molar refractivity (Wildman–Crippen MR) is 50.7 cm³/mol. The summed E-state index contributed by atoms with van der Waals surface area (Å²) in [4.78, 5) is 0. The molecular weight excluding hydrogens is 201 g/mol. The molecular formula is C8H15F3OS. The zero-order valence-electron chi connectivity index (χ0n) is 7.82. The molecule has 0 radical (unpaired) electrons. The van der Waals surface area contributed by atoms with Crippen LogP contribution in [-0.4, -0.2) is 13.2 Å². The maximum absolute atomic E-state index is 10.8. The zero-order chi connectivity index (χ0) is 10.7. The van der Waals surface area contributed by atoms with Crippen molar-refractivity contribution in [2.24, 2.45) is 0 Å². The van der Waals surface area contributed by atoms with E-state index in [-0.39, 0.29) is 0 Å². The van der Waals surface area contributed by atoms with Gasteiger partial charge in [0, 0.05) is 13.2 Å². The standard InChI is InChI=1S/C6H14O.C2HF3S/c1-3-5-7-6-4-2;3-1(4)2(5)6/h3-6H2,1-2H3;6H. The van der Waals surface area contributed by atoms with Crippen LogP contribution in [0.4, 0.5) is 13.2 Å². The molecule has 0 aliphatic carbocycles. The molecule has 0 spiro atoms. The van der Waals surface area contributed by atoms with Crippen LogP contribution in [0.15, 0.2) is 11.2 Å². The second kappa shape index (κ2) is 11.8. The molecule has 0 bridgehead atoms. The Morgan fingerprint density at radius 2 is 1.38 bits per heavy atom. The SMILES string of the molecule is CCCOCCC.FC(F)=C(F)S. The van der Waals surface area contributed by atoms with Crippen molar-refractivity contribution >= 4 is 12.6 Å². The summed E-state index contributed by atoms with van der Waals surface area (Å²) in [6, 6.07) is 0. The Hall–Kier alpha value is -0.160. The van der Waals surface area contributed by atoms with Crippen LogP contribution in [0.3, 0.4) is 0 Å². The number of ether oxygens (including phenoxy) is 1. The fraction of sp³-hybridized carbons (Fsp3) is 0.750. The monoisotopic (exact) mass is 216 g/mol. The van der Waals surface area contributed by atoms with E-state index in [9.17, 15) is 13.2 Å². The van der Waals surface area contributed by atoms with Gasteiger partial charge in [-0.1, -0.05) is 13.8 Å². The van der Waals surface area contributed by atoms with E-state index in [2.05, 4.69) is 26.5 Å². The van der Waals surface area contributed by atoms with Crippen LogP contribution >= 0.6 is 12.6 Å². The molecule has 0 saturated heterocycles. The lowest BCUT2D eigenvalue weighted by atomic mass is 10.5. The first-order valence-corrected chi connectivity index (χ1v) is 4.48. The minimum absolute atomic E-state index is 0.924. The topological polar surface area (TPSA) is 9.23 Å². The van der Waals surface area contributed by atoms with Gasteiger partial charge in [0.15, 0.2) is 0 Å². The van der Waals surface area contributed by atoms with Crippen LogP contribution in [0.2, 0.25) is 0 Å². The van der Waals surface area contributed by atoms with Crippen molar-refractivity contribution in [2.45, 2.75) is 26.7 Å². The molecule has 0 aromatic heterocycles. The Morgan fingerprint density at radius 3 is 1.54 bits per heavy atom. The van der Waals surface area contributed by atoms with Gasteiger partial charge in [-0.15, -0.1) is 12.6 Å². The van der Waals surface area contributed by atoms with Crippen molar-refractivity contribution in [3.63, 3.8) is 0 Å². The average molecular weight is 216 g/mol. The molecule has 0 rings (SSSR count). The molecule has 0 aliphatic rings. The van der Waals surface area contributed by atoms with E-state index in [1.54, 1.807) is 0 Å². The lowest BCUT2D eigenvalue weighted by molar-refractivity contribution is 0.135. The maximum Gasteiger partial charge on any atom is 0.312 e. The second-order valence-electron chi connectivity index (χ2n) is 2.16. The first-order valence-electron chi connectivity index (χ1n) is 4.03. The highest BCUT2D eigenvalue weighted by atomic mass is 32.1. The summed E-state index contributed by atoms with van der Waals surface area (Å²) in [5.74, 6) is 0. The third-order valence-electron chi connectivity index (χ3n) is 0.853. The molecule has 0 saturated carbocycles. The van der Waals surface area contributed by atoms with Gasteiger partial charge in [-0.2, -0.15) is 13.2 Å². The molecule has 0 aromatic carbocycles. The molecule has 13 heavy (non-hydrogen) atoms. The van der Waals surface area contributed by atoms with Gasteiger partial charge in [-0.3, -0.25) is 0 Å². The van der Waals surface area contributed by atoms with Crippen LogP contribution < -0.4 is 0 Å². The summed E-state index contributed by atoms with van der Waals surface area (Å²) in [6.45, 7) is 6.09. The van der Waals surface area contributed by atoms with Crippen LogP contribution in [0.1, 0.15) is 26.7 Å². The molecule has 1 nitrogen and oxygen atoms in total. The average Bonchev–Trinajstić information content (AvgIpc) is 2.06. The summed E-state index contributed by atoms with van der Waals surface area (Å²) in [5.41, 5.74) is 0. The number of rotatable bonds is 4. The van der Waals surface area contributed by atoms with E-state index in [1.807, 2.05) is 0 Å². The predicted octanol–water partition coefficient (Wildman–Crippen LogP) is 3.77. The highest BCUT2D eigenvalue weighted by Gasteiger charge is 1.93. The summed E-state index contributed by atoms with van der Waals surface area (Å²) < 4.78 is 37.1. The van der Waals surface area contributed by atoms with Crippen LogP contribution in [-0.2, 0) is 4.74 Å². The molecule has 0 amide bonds. The number of hydrogen-bond acceptors (Lipinski definition) is 2. The maximum atomic E-state index is 10.8. The third-order valence-corrected chi connectivity index (χ3v) is 1.02. The lowest BCUT2D eigenvalue weighted by Gasteiger charge is -1.95. The second-order valence-corrected chi connectivity index (χ2v) is 2.56. The molecule has 0 heterocycles. The Balaban J connectivity index is 0. The van der Waals surface area contributed by atoms with Crippen molar-refractivity contribution < 1.29 is 17.9 Å². The summed E-state index contributed by atoms with van der Waals surface area (Å²) >= 11 is 2.66. The van der Waals surface area contributed by atoms with Crippen LogP contribution in [0, 0.1) is 0 Å². The fourth-order valence-electron chi connectivity index (χ4n) is 0.391. The third kappa shape index (κ3) is 18.7. The number of halogens is 3. The first kappa shape index (κ1) is 15.3. The molecule has 0 aromatic rings. The van der Waals surface area contributed by atoms with Crippen molar-refractivity contribution in [3.8, 4) is 0 Å². The summed E-state index contributed by atoms with van der Waals surface area (Å²) in [5, 5.41) is -1.71. The van der Waals surface area contributed by atoms with Gasteiger partial charge in [-0.05, 0) is 12.8 Å². The Labute approximate surface area is 82.4 Å². The van der Waals surface area contributed by atoms with E-state index >= 15 is 0 Å². The van der Waals surface area contributed by atoms with E-state index in [0.29, 0.717) is 0 Å². The molecule has 80 valence electrons. The van der Waals surface area contributed by atoms with Gasteiger partial charge < -0.3 is 4.74 Å². The summed E-state index contributed by atoms with van der Waals surface area (Å²) in [7, 11) is 0. The highest BCUT2D eigenvalue weighted by molar-refractivity contribution is 7.84. The smallest absolute Gasteiger partial charge is 0.312 e. The molecule has 5 heteroatoms. The van der Waals surface area contributed by atoms with Crippen molar-refractivity contribution in [1.29, 1.82) is 0 Å². The largest absolute Gasteiger partial charge is 0.381 e. The minimum atomic E-state index is -2.38. The number of hydrogen-bond donors (Lipinski definition) is 1. The molecule has 0 aliphatic heterocycles. The first-order chi connectivity index (χ1) is 6.06. The number of thiol groups is 1. The molecule has 0 N–H and O–H groups in total. The van der Waals surface area contributed by atoms with Crippen molar-refractivity contribution in [2.75, 3.05) is 13.2 Å². The van der Waals surface area contributed by atoms with Crippen LogP contribution in [0.25, 0.3) is 0 Å². The van der Waals surface area contributed by atoms with Gasteiger partial charge in [-0.25, -0.2) is 0 Å². The van der Waals surface area contributed by atoms with Crippen LogP contribution in [0.5, 0.6) is 0 Å². The van der Waals surface area contributed by atoms with Crippen molar-refractivity contribution in [1.82, 2.24) is 0 Å². The summed E-state index contributed by atoms with van der Waals surface area (Å²) in [6.07, 6.45) is -0.0988. The quantitative estimate of drug-likeness (QED) is 0.556. The van der Waals surface area contributed by atoms with E-state index in [0.717, 1.165) is 26.1 Å². The van der Waals surface area contributed by atoms with Gasteiger partial charge in [0.2, 0.25) is 5.16 Å². The molecule has 0 fully saturated rings. The van der Waals surface area contributed by atoms with E-state index in [1.165, 1.54) is 0 Å². The Morgan fingerprint density at radius 1 is 1.08 bits per heavy atom. The van der Waals surface area contributed by atoms with Gasteiger partial charge >= 0.3 is 6.08 Å². The molecule has 0 unspecified atom stereocenters. The Bertz CT molecular complexity index is 117. The van der Waals surface area contributed by atoms with Crippen molar-refractivity contribution in [3.05, 3.63) is 11.2 Å². The minimum Gasteiger partial charge on any atom is -0.381 e. The van der Waals surface area contributed by atoms with Gasteiger partial charge in [0.05, 0.1) is 0 Å². The normalized spacial score (nSPS) is 8.77. The van der Waals surface area contributed by atoms with Gasteiger partial charge in [0.25, 0.3) is 0 Å². The highest BCUT2D eigenvalue weighted by Crippen LogP contribution is 2.10. The molecule has 0 atom stereocenters. The van der Waals surface area contributed by atoms with Gasteiger partial charge in [0.1, 0.15) is 0 Å². The van der Waals surface area contributed by atoms with E-state index in [4.69, 9.17) is 4.74 Å². The van der Waals surface area contributed by atoms with E-state index < -0.39 is 11.2 Å².